The van der Waals surface area contributed by atoms with Gasteiger partial charge in [-0.25, -0.2) is 14.4 Å². The van der Waals surface area contributed by atoms with Gasteiger partial charge in [-0.05, 0) is 152 Å². The summed E-state index contributed by atoms with van der Waals surface area (Å²) in [5.41, 5.74) is 7.34. The van der Waals surface area contributed by atoms with Gasteiger partial charge in [-0.2, -0.15) is 0 Å². The van der Waals surface area contributed by atoms with Crippen LogP contribution in [0.1, 0.15) is 116 Å². The van der Waals surface area contributed by atoms with E-state index < -0.39 is 11.2 Å². The number of piperazine rings is 1. The zero-order chi connectivity index (χ0) is 46.6. The molecule has 0 unspecified atom stereocenters. The fourth-order valence-corrected chi connectivity index (χ4v) is 11.3. The summed E-state index contributed by atoms with van der Waals surface area (Å²) in [4.78, 5) is 60.7. The third kappa shape index (κ3) is 8.61. The first kappa shape index (κ1) is 45.1. The van der Waals surface area contributed by atoms with Crippen molar-refractivity contribution in [2.45, 2.75) is 116 Å². The van der Waals surface area contributed by atoms with Gasteiger partial charge in [0.2, 0.25) is 5.91 Å². The highest BCUT2D eigenvalue weighted by Gasteiger charge is 2.55. The number of benzene rings is 3. The van der Waals surface area contributed by atoms with Crippen LogP contribution in [-0.4, -0.2) is 117 Å². The van der Waals surface area contributed by atoms with E-state index in [4.69, 9.17) is 9.97 Å². The lowest BCUT2D eigenvalue weighted by atomic mass is 9.73. The molecular formula is C53H65FN10O3. The molecule has 0 bridgehead atoms. The first-order chi connectivity index (χ1) is 32.4. The van der Waals surface area contributed by atoms with Crippen molar-refractivity contribution >= 4 is 45.9 Å². The van der Waals surface area contributed by atoms with Crippen LogP contribution in [0, 0.1) is 12.7 Å². The van der Waals surface area contributed by atoms with Gasteiger partial charge in [-0.1, -0.05) is 30.7 Å². The topological polar surface area (TPSA) is 131 Å². The first-order valence-corrected chi connectivity index (χ1v) is 24.7. The standard InChI is InChI=1S/C53H65FN10O3/c1-33(2)57-50(65)41-29-45(43(54)25-35(41)5)59-49-48-46(56-32-63(48)34(3)4)30-44(58-49)38-13-14-42-47(26-38)64(40-27-39(28-40)61-19-7-6-8-20-61)52(67)53(42)15-21-60(22-16-53)31-36-9-11-37(12-10-36)51(66)62-23-17-55-18-24-62/h9-14,25-26,29-30,32-34,39-40,55H,6-8,15-24,27-28,31H2,1-5H3,(H,57,65)(H,58,59). The van der Waals surface area contributed by atoms with E-state index in [1.807, 2.05) is 41.5 Å². The number of rotatable bonds is 11. The van der Waals surface area contributed by atoms with Crippen LogP contribution >= 0.6 is 0 Å². The molecule has 5 aromatic rings. The fourth-order valence-electron chi connectivity index (χ4n) is 11.3. The molecule has 67 heavy (non-hydrogen) atoms. The number of amides is 3. The minimum absolute atomic E-state index is 0.0468. The predicted molar refractivity (Wildman–Crippen MR) is 261 cm³/mol. The SMILES string of the molecule is Cc1cc(F)c(Nc2nc(-c3ccc4c(c3)N(C3CC(N5CCCCC5)C3)C(=O)C43CCN(Cc4ccc(C(=O)N5CCNCC5)cc4)CC3)cc3ncn(C(C)C)c23)cc1C(=O)NC(C)C. The number of piperidine rings is 2. The normalized spacial score (nSPS) is 21.0. The molecule has 6 heterocycles. The number of aryl methyl sites for hydroxylation is 1. The van der Waals surface area contributed by atoms with Crippen LogP contribution in [0.3, 0.4) is 0 Å². The second-order valence-corrected chi connectivity index (χ2v) is 20.2. The Bertz CT molecular complexity index is 2670. The first-order valence-electron chi connectivity index (χ1n) is 24.7. The molecule has 14 heteroatoms. The second kappa shape index (κ2) is 18.4. The number of carbonyl (C=O) groups excluding carboxylic acids is 3. The highest BCUT2D eigenvalue weighted by molar-refractivity contribution is 6.09. The van der Waals surface area contributed by atoms with Gasteiger partial charge in [0.05, 0.1) is 28.6 Å². The quantitative estimate of drug-likeness (QED) is 0.121. The molecule has 4 fully saturated rings. The average molecular weight is 909 g/mol. The molecule has 3 saturated heterocycles. The zero-order valence-electron chi connectivity index (χ0n) is 39.7. The fraction of sp³-hybridized carbons (Fsp3) is 0.491. The number of hydrogen-bond acceptors (Lipinski definition) is 9. The van der Waals surface area contributed by atoms with Crippen LogP contribution in [0.4, 0.5) is 21.6 Å². The summed E-state index contributed by atoms with van der Waals surface area (Å²) < 4.78 is 17.9. The smallest absolute Gasteiger partial charge is 0.253 e. The van der Waals surface area contributed by atoms with Crippen LogP contribution in [0.5, 0.6) is 0 Å². The van der Waals surface area contributed by atoms with Crippen LogP contribution in [0.15, 0.2) is 67.0 Å². The van der Waals surface area contributed by atoms with Gasteiger partial charge in [-0.3, -0.25) is 19.3 Å². The lowest BCUT2D eigenvalue weighted by molar-refractivity contribution is -0.126. The number of aromatic nitrogens is 3. The van der Waals surface area contributed by atoms with Gasteiger partial charge in [0, 0.05) is 79.3 Å². The highest BCUT2D eigenvalue weighted by atomic mass is 19.1. The lowest BCUT2D eigenvalue weighted by Crippen LogP contribution is -2.58. The molecular weight excluding hydrogens is 844 g/mol. The van der Waals surface area contributed by atoms with E-state index in [0.717, 1.165) is 118 Å². The van der Waals surface area contributed by atoms with E-state index in [1.54, 1.807) is 19.3 Å². The number of pyridine rings is 1. The lowest BCUT2D eigenvalue weighted by Gasteiger charge is -2.48. The average Bonchev–Trinajstić information content (AvgIpc) is 3.85. The van der Waals surface area contributed by atoms with E-state index in [9.17, 15) is 9.59 Å². The number of carbonyl (C=O) groups is 3. The molecule has 3 amide bonds. The summed E-state index contributed by atoms with van der Waals surface area (Å²) in [5.74, 6) is -0.0293. The summed E-state index contributed by atoms with van der Waals surface area (Å²) >= 11 is 0. The van der Waals surface area contributed by atoms with Gasteiger partial charge in [0.25, 0.3) is 11.8 Å². The Labute approximate surface area is 393 Å². The number of anilines is 3. The number of halogens is 1. The van der Waals surface area contributed by atoms with E-state index in [1.165, 1.54) is 25.3 Å². The molecule has 1 aliphatic carbocycles. The van der Waals surface area contributed by atoms with Crippen molar-refractivity contribution in [2.24, 2.45) is 0 Å². The monoisotopic (exact) mass is 909 g/mol. The van der Waals surface area contributed by atoms with Crippen LogP contribution in [0.25, 0.3) is 22.3 Å². The Kier molecular flexibility index (Phi) is 12.4. The second-order valence-electron chi connectivity index (χ2n) is 20.2. The van der Waals surface area contributed by atoms with Crippen LogP contribution < -0.4 is 20.9 Å². The number of hydrogen-bond donors (Lipinski definition) is 3. The Morgan fingerprint density at radius 1 is 0.881 bits per heavy atom. The molecule has 3 N–H and O–H groups in total. The van der Waals surface area contributed by atoms with Crippen molar-refractivity contribution in [3.05, 3.63) is 101 Å². The molecule has 3 aromatic carbocycles. The number of nitrogens with zero attached hydrogens (tertiary/aromatic N) is 7. The van der Waals surface area contributed by atoms with E-state index in [2.05, 4.69) is 74.8 Å². The molecule has 5 aliphatic rings. The van der Waals surface area contributed by atoms with Crippen LogP contribution in [0.2, 0.25) is 0 Å². The van der Waals surface area contributed by atoms with Gasteiger partial charge < -0.3 is 35.2 Å². The molecule has 13 nitrogen and oxygen atoms in total. The van der Waals surface area contributed by atoms with Crippen LogP contribution in [-0.2, 0) is 16.8 Å². The summed E-state index contributed by atoms with van der Waals surface area (Å²) in [5, 5.41) is 9.54. The maximum absolute atomic E-state index is 15.8. The Morgan fingerprint density at radius 2 is 1.61 bits per heavy atom. The molecule has 352 valence electrons. The van der Waals surface area contributed by atoms with Crippen molar-refractivity contribution in [3.8, 4) is 11.3 Å². The summed E-state index contributed by atoms with van der Waals surface area (Å²) in [6, 6.07) is 20.0. The van der Waals surface area contributed by atoms with Crippen molar-refractivity contribution in [1.82, 2.24) is 39.9 Å². The van der Waals surface area contributed by atoms with Gasteiger partial charge in [0.1, 0.15) is 11.3 Å². The number of fused-ring (bicyclic) bond motifs is 3. The number of nitrogens with one attached hydrogen (secondary N) is 3. The van der Waals surface area contributed by atoms with E-state index >= 15 is 9.18 Å². The van der Waals surface area contributed by atoms with Gasteiger partial charge in [-0.15, -0.1) is 0 Å². The molecule has 0 atom stereocenters. The number of imidazole rings is 1. The summed E-state index contributed by atoms with van der Waals surface area (Å²) in [6.45, 7) is 17.4. The molecule has 1 spiro atoms. The minimum atomic E-state index is -0.622. The maximum Gasteiger partial charge on any atom is 0.253 e. The molecule has 1 saturated carbocycles. The summed E-state index contributed by atoms with van der Waals surface area (Å²) in [6.07, 6.45) is 8.94. The van der Waals surface area contributed by atoms with E-state index in [-0.39, 0.29) is 41.5 Å². The predicted octanol–water partition coefficient (Wildman–Crippen LogP) is 7.95. The maximum atomic E-state index is 15.8. The highest BCUT2D eigenvalue weighted by Crippen LogP contribution is 2.52. The molecule has 0 radical (unpaired) electrons. The van der Waals surface area contributed by atoms with Crippen molar-refractivity contribution in [1.29, 1.82) is 0 Å². The minimum Gasteiger partial charge on any atom is -0.350 e. The summed E-state index contributed by atoms with van der Waals surface area (Å²) in [7, 11) is 0. The van der Waals surface area contributed by atoms with Crippen molar-refractivity contribution < 1.29 is 18.8 Å². The Hall–Kier alpha value is -5.70. The number of likely N-dealkylation sites (tertiary alicyclic amines) is 2. The van der Waals surface area contributed by atoms with Gasteiger partial charge in [0.15, 0.2) is 5.82 Å². The molecule has 2 aromatic heterocycles. The zero-order valence-corrected chi connectivity index (χ0v) is 39.7. The Balaban J connectivity index is 0.954. The largest absolute Gasteiger partial charge is 0.350 e. The van der Waals surface area contributed by atoms with Gasteiger partial charge >= 0.3 is 0 Å². The molecule has 10 rings (SSSR count). The van der Waals surface area contributed by atoms with Crippen molar-refractivity contribution in [2.75, 3.05) is 62.6 Å². The molecule has 4 aliphatic heterocycles. The van der Waals surface area contributed by atoms with E-state index in [0.29, 0.717) is 34.2 Å². The Morgan fingerprint density at radius 3 is 2.31 bits per heavy atom. The third-order valence-electron chi connectivity index (χ3n) is 15.1. The van der Waals surface area contributed by atoms with Crippen molar-refractivity contribution in [3.63, 3.8) is 0 Å². The third-order valence-corrected chi connectivity index (χ3v) is 15.1.